The number of hydrogen-bond donors (Lipinski definition) is 0. The van der Waals surface area contributed by atoms with Crippen LogP contribution in [0.25, 0.3) is 0 Å². The van der Waals surface area contributed by atoms with Gasteiger partial charge in [0, 0.05) is 16.5 Å². The van der Waals surface area contributed by atoms with Gasteiger partial charge in [-0.05, 0) is 40.6 Å². The van der Waals surface area contributed by atoms with Crippen LogP contribution in [0.4, 0.5) is 0 Å². The maximum Gasteiger partial charge on any atom is 0.261 e. The molecule has 1 heterocycles. The summed E-state index contributed by atoms with van der Waals surface area (Å²) in [6, 6.07) is 7.34. The molecule has 3 nitrogen and oxygen atoms in total. The lowest BCUT2D eigenvalue weighted by Crippen LogP contribution is -2.32. The molecule has 16 heavy (non-hydrogen) atoms. The average Bonchev–Trinajstić information content (AvgIpc) is 2.58. The number of amides is 2. The zero-order valence-corrected chi connectivity index (χ0v) is 11.1. The summed E-state index contributed by atoms with van der Waals surface area (Å²) in [5, 5.41) is 0. The van der Waals surface area contributed by atoms with Gasteiger partial charge in [0.15, 0.2) is 0 Å². The smallest absolute Gasteiger partial charge is 0.261 e. The molecule has 0 saturated carbocycles. The second-order valence-electron chi connectivity index (χ2n) is 4.10. The van der Waals surface area contributed by atoms with Crippen molar-refractivity contribution < 1.29 is 9.59 Å². The van der Waals surface area contributed by atoms with Crippen LogP contribution in [-0.4, -0.2) is 23.3 Å². The third kappa shape index (κ3) is 2.11. The molecule has 0 bridgehead atoms. The Morgan fingerprint density at radius 2 is 2.12 bits per heavy atom. The number of halogens is 1. The molecule has 4 heteroatoms. The predicted molar refractivity (Wildman–Crippen MR) is 69.0 cm³/mol. The summed E-state index contributed by atoms with van der Waals surface area (Å²) < 4.78 is 0.887. The molecule has 0 aliphatic carbocycles. The minimum Gasteiger partial charge on any atom is -0.278 e. The Balaban J connectivity index is 2.27. The maximum absolute atomic E-state index is 12.1. The van der Waals surface area contributed by atoms with Gasteiger partial charge in [-0.15, -0.1) is 0 Å². The molecule has 2 amide bonds. The Morgan fingerprint density at radius 3 is 2.69 bits per heavy atom. The van der Waals surface area contributed by atoms with E-state index in [0.29, 0.717) is 18.5 Å². The number of imide groups is 1. The van der Waals surface area contributed by atoms with Crippen molar-refractivity contribution in [3.05, 3.63) is 33.4 Å². The first-order chi connectivity index (χ1) is 7.59. The number of rotatable bonds is 1. The Morgan fingerprint density at radius 1 is 1.44 bits per heavy atom. The molecule has 1 unspecified atom stereocenters. The quantitative estimate of drug-likeness (QED) is 0.586. The van der Waals surface area contributed by atoms with E-state index < -0.39 is 0 Å². The molecule has 1 atom stereocenters. The molecule has 84 valence electrons. The molecule has 0 aromatic heterocycles. The van der Waals surface area contributed by atoms with Crippen LogP contribution in [0.2, 0.25) is 0 Å². The summed E-state index contributed by atoms with van der Waals surface area (Å²) in [7, 11) is 0. The molecule has 0 N–H and O–H groups in total. The van der Waals surface area contributed by atoms with Crippen LogP contribution >= 0.6 is 22.6 Å². The van der Waals surface area contributed by atoms with Gasteiger partial charge in [0.2, 0.25) is 5.91 Å². The number of benzene rings is 1. The highest BCUT2D eigenvalue weighted by Gasteiger charge is 2.32. The van der Waals surface area contributed by atoms with E-state index in [0.717, 1.165) is 3.57 Å². The van der Waals surface area contributed by atoms with Gasteiger partial charge < -0.3 is 0 Å². The lowest BCUT2D eigenvalue weighted by atomic mass is 10.2. The summed E-state index contributed by atoms with van der Waals surface area (Å²) in [5.41, 5.74) is 0.616. The highest BCUT2D eigenvalue weighted by molar-refractivity contribution is 14.1. The third-order valence-electron chi connectivity index (χ3n) is 2.67. The fourth-order valence-electron chi connectivity index (χ4n) is 1.86. The summed E-state index contributed by atoms with van der Waals surface area (Å²) in [6.07, 6.45) is 0.481. The summed E-state index contributed by atoms with van der Waals surface area (Å²) >= 11 is 2.12. The first-order valence-corrected chi connectivity index (χ1v) is 6.26. The number of carbonyl (C=O) groups excluding carboxylic acids is 2. The zero-order chi connectivity index (χ0) is 11.7. The summed E-state index contributed by atoms with van der Waals surface area (Å²) in [5.74, 6) is 0.0503. The molecule has 1 aromatic carbocycles. The van der Waals surface area contributed by atoms with Crippen molar-refractivity contribution in [2.75, 3.05) is 6.54 Å². The van der Waals surface area contributed by atoms with Gasteiger partial charge in [-0.1, -0.05) is 19.1 Å². The topological polar surface area (TPSA) is 37.4 Å². The number of carbonyl (C=O) groups is 2. The molecule has 1 aliphatic rings. The fourth-order valence-corrected chi connectivity index (χ4v) is 2.48. The van der Waals surface area contributed by atoms with Gasteiger partial charge in [-0.3, -0.25) is 14.5 Å². The average molecular weight is 329 g/mol. The lowest BCUT2D eigenvalue weighted by molar-refractivity contribution is -0.125. The third-order valence-corrected chi connectivity index (χ3v) is 3.61. The van der Waals surface area contributed by atoms with Crippen LogP contribution in [0.3, 0.4) is 0 Å². The van der Waals surface area contributed by atoms with E-state index in [1.54, 1.807) is 6.07 Å². The van der Waals surface area contributed by atoms with E-state index in [1.807, 2.05) is 25.1 Å². The number of hydrogen-bond acceptors (Lipinski definition) is 2. The normalized spacial score (nSPS) is 20.2. The second-order valence-corrected chi connectivity index (χ2v) is 5.26. The molecule has 0 spiro atoms. The van der Waals surface area contributed by atoms with Crippen molar-refractivity contribution in [3.63, 3.8) is 0 Å². The molecule has 1 aromatic rings. The number of likely N-dealkylation sites (tertiary alicyclic amines) is 1. The minimum atomic E-state index is -0.167. The largest absolute Gasteiger partial charge is 0.278 e. The Labute approximate surface area is 108 Å². The first kappa shape index (κ1) is 11.6. The SMILES string of the molecule is CC1CC(=O)N(C(=O)c2ccccc2I)C1. The van der Waals surface area contributed by atoms with Crippen molar-refractivity contribution in [1.29, 1.82) is 0 Å². The van der Waals surface area contributed by atoms with Gasteiger partial charge in [0.25, 0.3) is 5.91 Å². The second kappa shape index (κ2) is 4.53. The minimum absolute atomic E-state index is 0.0582. The summed E-state index contributed by atoms with van der Waals surface area (Å²) in [4.78, 5) is 25.1. The molecular formula is C12H12INO2. The van der Waals surface area contributed by atoms with E-state index in [-0.39, 0.29) is 17.7 Å². The molecule has 0 radical (unpaired) electrons. The zero-order valence-electron chi connectivity index (χ0n) is 8.94. The standard InChI is InChI=1S/C12H12INO2/c1-8-6-11(15)14(7-8)12(16)9-4-2-3-5-10(9)13/h2-5,8H,6-7H2,1H3. The highest BCUT2D eigenvalue weighted by Crippen LogP contribution is 2.21. The lowest BCUT2D eigenvalue weighted by Gasteiger charge is -2.14. The summed E-state index contributed by atoms with van der Waals surface area (Å²) in [6.45, 7) is 2.53. The van der Waals surface area contributed by atoms with Crippen molar-refractivity contribution in [2.45, 2.75) is 13.3 Å². The predicted octanol–water partition coefficient (Wildman–Crippen LogP) is 2.30. The Bertz CT molecular complexity index is 444. The molecule has 1 fully saturated rings. The van der Waals surface area contributed by atoms with Gasteiger partial charge >= 0.3 is 0 Å². The van der Waals surface area contributed by atoms with Crippen LogP contribution < -0.4 is 0 Å². The van der Waals surface area contributed by atoms with Crippen molar-refractivity contribution in [3.8, 4) is 0 Å². The van der Waals surface area contributed by atoms with E-state index in [1.165, 1.54) is 4.90 Å². The maximum atomic E-state index is 12.1. The Kier molecular flexibility index (Phi) is 3.28. The molecule has 1 aliphatic heterocycles. The van der Waals surface area contributed by atoms with Gasteiger partial charge in [0.1, 0.15) is 0 Å². The monoisotopic (exact) mass is 329 g/mol. The van der Waals surface area contributed by atoms with E-state index >= 15 is 0 Å². The van der Waals surface area contributed by atoms with Gasteiger partial charge in [-0.2, -0.15) is 0 Å². The van der Waals surface area contributed by atoms with E-state index in [2.05, 4.69) is 22.6 Å². The van der Waals surface area contributed by atoms with E-state index in [9.17, 15) is 9.59 Å². The molecule has 1 saturated heterocycles. The van der Waals surface area contributed by atoms with Crippen LogP contribution in [0.1, 0.15) is 23.7 Å². The van der Waals surface area contributed by atoms with Crippen LogP contribution in [0.15, 0.2) is 24.3 Å². The van der Waals surface area contributed by atoms with E-state index in [4.69, 9.17) is 0 Å². The van der Waals surface area contributed by atoms with Crippen LogP contribution in [-0.2, 0) is 4.79 Å². The van der Waals surface area contributed by atoms with Crippen molar-refractivity contribution >= 4 is 34.4 Å². The van der Waals surface area contributed by atoms with Crippen LogP contribution in [0.5, 0.6) is 0 Å². The van der Waals surface area contributed by atoms with Crippen molar-refractivity contribution in [1.82, 2.24) is 4.90 Å². The first-order valence-electron chi connectivity index (χ1n) is 5.19. The molecular weight excluding hydrogens is 317 g/mol. The van der Waals surface area contributed by atoms with Gasteiger partial charge in [0.05, 0.1) is 5.56 Å². The van der Waals surface area contributed by atoms with Crippen LogP contribution in [0, 0.1) is 9.49 Å². The highest BCUT2D eigenvalue weighted by atomic mass is 127. The van der Waals surface area contributed by atoms with Gasteiger partial charge in [-0.25, -0.2) is 0 Å². The fraction of sp³-hybridized carbons (Fsp3) is 0.333. The Hall–Kier alpha value is -0.910. The number of nitrogens with zero attached hydrogens (tertiary/aromatic N) is 1. The van der Waals surface area contributed by atoms with Crippen molar-refractivity contribution in [2.24, 2.45) is 5.92 Å². The molecule has 2 rings (SSSR count).